The number of carbonyl (C=O) groups excluding carboxylic acids is 1. The number of nitrogens with one attached hydrogen (secondary N) is 2. The van der Waals surface area contributed by atoms with Crippen molar-refractivity contribution in [2.75, 3.05) is 41.0 Å². The molecule has 2 aliphatic heterocycles. The molecule has 2 aliphatic rings. The normalized spacial score (nSPS) is 17.3. The van der Waals surface area contributed by atoms with Gasteiger partial charge in [0.05, 0.1) is 26.9 Å². The molecule has 5 rings (SSSR count). The van der Waals surface area contributed by atoms with Crippen LogP contribution in [-0.2, 0) is 12.0 Å². The first-order valence-electron chi connectivity index (χ1n) is 10.9. The first kappa shape index (κ1) is 20.6. The van der Waals surface area contributed by atoms with Gasteiger partial charge in [0.15, 0.2) is 0 Å². The number of aromatic amines is 1. The molecule has 0 unspecified atom stereocenters. The van der Waals surface area contributed by atoms with Crippen LogP contribution in [0.15, 0.2) is 30.3 Å². The van der Waals surface area contributed by atoms with Gasteiger partial charge < -0.3 is 29.4 Å². The van der Waals surface area contributed by atoms with E-state index in [-0.39, 0.29) is 17.3 Å². The van der Waals surface area contributed by atoms with Crippen molar-refractivity contribution >= 4 is 16.8 Å². The van der Waals surface area contributed by atoms with Crippen molar-refractivity contribution in [3.8, 4) is 17.5 Å². The largest absolute Gasteiger partial charge is 0.497 e. The molecular weight excluding hydrogens is 408 g/mol. The molecule has 0 saturated carbocycles. The van der Waals surface area contributed by atoms with Crippen LogP contribution >= 0.6 is 0 Å². The molecule has 32 heavy (non-hydrogen) atoms. The minimum Gasteiger partial charge on any atom is -0.497 e. The van der Waals surface area contributed by atoms with Crippen LogP contribution in [0.5, 0.6) is 17.5 Å². The van der Waals surface area contributed by atoms with Gasteiger partial charge in [-0.05, 0) is 49.1 Å². The first-order valence-corrected chi connectivity index (χ1v) is 10.9. The third-order valence-corrected chi connectivity index (χ3v) is 6.80. The second-order valence-corrected chi connectivity index (χ2v) is 8.35. The van der Waals surface area contributed by atoms with E-state index in [0.29, 0.717) is 24.5 Å². The van der Waals surface area contributed by atoms with E-state index in [0.717, 1.165) is 37.1 Å². The monoisotopic (exact) mass is 436 g/mol. The molecular formula is C24H28N4O4. The van der Waals surface area contributed by atoms with Gasteiger partial charge >= 0.3 is 0 Å². The Morgan fingerprint density at radius 1 is 1.06 bits per heavy atom. The highest BCUT2D eigenvalue weighted by Crippen LogP contribution is 2.41. The van der Waals surface area contributed by atoms with Crippen LogP contribution in [0.2, 0.25) is 0 Å². The Morgan fingerprint density at radius 3 is 2.59 bits per heavy atom. The number of hydrogen-bond donors (Lipinski definition) is 2. The van der Waals surface area contributed by atoms with E-state index >= 15 is 0 Å². The van der Waals surface area contributed by atoms with Gasteiger partial charge in [-0.2, -0.15) is 4.98 Å². The van der Waals surface area contributed by atoms with Crippen molar-refractivity contribution in [1.82, 2.24) is 20.2 Å². The molecule has 1 fully saturated rings. The molecule has 2 N–H and O–H groups in total. The van der Waals surface area contributed by atoms with Crippen LogP contribution < -0.4 is 19.5 Å². The maximum absolute atomic E-state index is 13.2. The molecule has 1 aromatic carbocycles. The summed E-state index contributed by atoms with van der Waals surface area (Å²) in [5, 5.41) is 4.99. The van der Waals surface area contributed by atoms with E-state index in [9.17, 15) is 4.79 Å². The predicted octanol–water partition coefficient (Wildman–Crippen LogP) is 2.87. The SMILES string of the molecule is COc1ccc2[nH]c3c(c2c1)CCNC31CCN(C(=O)c2ccc(OC)nc2OC)CC1. The zero-order chi connectivity index (χ0) is 22.3. The topological polar surface area (TPSA) is 88.7 Å². The van der Waals surface area contributed by atoms with Gasteiger partial charge in [-0.15, -0.1) is 0 Å². The maximum atomic E-state index is 13.2. The molecule has 0 atom stereocenters. The lowest BCUT2D eigenvalue weighted by molar-refractivity contribution is 0.0622. The molecule has 8 nitrogen and oxygen atoms in total. The third-order valence-electron chi connectivity index (χ3n) is 6.80. The van der Waals surface area contributed by atoms with Crippen LogP contribution in [0, 0.1) is 0 Å². The van der Waals surface area contributed by atoms with Crippen molar-refractivity contribution in [1.29, 1.82) is 0 Å². The van der Waals surface area contributed by atoms with E-state index < -0.39 is 0 Å². The van der Waals surface area contributed by atoms with Gasteiger partial charge in [0.25, 0.3) is 5.91 Å². The Labute approximate surface area is 186 Å². The molecule has 1 amide bonds. The molecule has 0 bridgehead atoms. The summed E-state index contributed by atoms with van der Waals surface area (Å²) >= 11 is 0. The van der Waals surface area contributed by atoms with Gasteiger partial charge in [-0.3, -0.25) is 4.79 Å². The van der Waals surface area contributed by atoms with E-state index in [2.05, 4.69) is 27.4 Å². The van der Waals surface area contributed by atoms with Crippen LogP contribution in [-0.4, -0.2) is 61.7 Å². The Morgan fingerprint density at radius 2 is 1.88 bits per heavy atom. The Bertz CT molecular complexity index is 1160. The zero-order valence-corrected chi connectivity index (χ0v) is 18.7. The molecule has 0 aliphatic carbocycles. The second-order valence-electron chi connectivity index (χ2n) is 8.35. The molecule has 2 aromatic heterocycles. The van der Waals surface area contributed by atoms with Crippen molar-refractivity contribution < 1.29 is 19.0 Å². The smallest absolute Gasteiger partial charge is 0.259 e. The fraction of sp³-hybridized carbons (Fsp3) is 0.417. The van der Waals surface area contributed by atoms with E-state index in [1.807, 2.05) is 11.0 Å². The van der Waals surface area contributed by atoms with E-state index in [4.69, 9.17) is 14.2 Å². The number of rotatable bonds is 4. The summed E-state index contributed by atoms with van der Waals surface area (Å²) in [4.78, 5) is 23.0. The number of pyridine rings is 1. The summed E-state index contributed by atoms with van der Waals surface area (Å²) in [6, 6.07) is 9.60. The standard InChI is InChI=1S/C24H28N4O4/c1-30-15-4-6-19-18(14-15)16-8-11-25-24(21(16)26-19)9-12-28(13-10-24)23(29)17-5-7-20(31-2)27-22(17)32-3/h4-7,14,25-26H,8-13H2,1-3H3. The van der Waals surface area contributed by atoms with Crippen molar-refractivity contribution in [2.24, 2.45) is 0 Å². The lowest BCUT2D eigenvalue weighted by Crippen LogP contribution is -2.55. The number of hydrogen-bond acceptors (Lipinski definition) is 6. The number of amides is 1. The molecule has 168 valence electrons. The third kappa shape index (κ3) is 3.26. The highest BCUT2D eigenvalue weighted by atomic mass is 16.5. The molecule has 1 spiro atoms. The number of aromatic nitrogens is 2. The zero-order valence-electron chi connectivity index (χ0n) is 18.7. The summed E-state index contributed by atoms with van der Waals surface area (Å²) in [5.41, 5.74) is 4.05. The summed E-state index contributed by atoms with van der Waals surface area (Å²) in [6.45, 7) is 2.22. The van der Waals surface area contributed by atoms with Gasteiger partial charge in [0, 0.05) is 42.3 Å². The Balaban J connectivity index is 1.40. The molecule has 0 radical (unpaired) electrons. The number of benzene rings is 1. The molecule has 1 saturated heterocycles. The number of likely N-dealkylation sites (tertiary alicyclic amines) is 1. The summed E-state index contributed by atoms with van der Waals surface area (Å²) in [7, 11) is 4.75. The van der Waals surface area contributed by atoms with Crippen LogP contribution in [0.4, 0.5) is 0 Å². The maximum Gasteiger partial charge on any atom is 0.259 e. The average Bonchev–Trinajstić information content (AvgIpc) is 3.23. The van der Waals surface area contributed by atoms with E-state index in [1.54, 1.807) is 26.4 Å². The van der Waals surface area contributed by atoms with Gasteiger partial charge in [0.2, 0.25) is 11.8 Å². The Hall–Kier alpha value is -3.26. The average molecular weight is 437 g/mol. The minimum atomic E-state index is -0.154. The fourth-order valence-electron chi connectivity index (χ4n) is 5.08. The number of methoxy groups -OCH3 is 3. The fourth-order valence-corrected chi connectivity index (χ4v) is 5.08. The quantitative estimate of drug-likeness (QED) is 0.654. The van der Waals surface area contributed by atoms with Crippen LogP contribution in [0.3, 0.4) is 0 Å². The number of fused-ring (bicyclic) bond motifs is 4. The van der Waals surface area contributed by atoms with E-state index in [1.165, 1.54) is 23.8 Å². The van der Waals surface area contributed by atoms with Crippen molar-refractivity contribution in [2.45, 2.75) is 24.8 Å². The van der Waals surface area contributed by atoms with Crippen LogP contribution in [0.1, 0.15) is 34.5 Å². The minimum absolute atomic E-state index is 0.0655. The van der Waals surface area contributed by atoms with Crippen LogP contribution in [0.25, 0.3) is 10.9 Å². The number of ether oxygens (including phenoxy) is 3. The number of nitrogens with zero attached hydrogens (tertiary/aromatic N) is 2. The predicted molar refractivity (Wildman–Crippen MR) is 121 cm³/mol. The lowest BCUT2D eigenvalue weighted by atomic mass is 9.79. The number of piperidine rings is 1. The molecule has 4 heterocycles. The summed E-state index contributed by atoms with van der Waals surface area (Å²) in [6.07, 6.45) is 2.64. The Kier molecular flexibility index (Phi) is 5.17. The lowest BCUT2D eigenvalue weighted by Gasteiger charge is -2.44. The number of carbonyl (C=O) groups is 1. The second kappa shape index (κ2) is 8.02. The van der Waals surface area contributed by atoms with Crippen molar-refractivity contribution in [3.05, 3.63) is 47.2 Å². The van der Waals surface area contributed by atoms with Crippen molar-refractivity contribution in [3.63, 3.8) is 0 Å². The highest BCUT2D eigenvalue weighted by Gasteiger charge is 2.42. The van der Waals surface area contributed by atoms with Gasteiger partial charge in [0.1, 0.15) is 11.3 Å². The van der Waals surface area contributed by atoms with Gasteiger partial charge in [-0.1, -0.05) is 0 Å². The summed E-state index contributed by atoms with van der Waals surface area (Å²) in [5.74, 6) is 1.52. The highest BCUT2D eigenvalue weighted by molar-refractivity contribution is 5.96. The first-order chi connectivity index (χ1) is 15.6. The number of H-pyrrole nitrogens is 1. The summed E-state index contributed by atoms with van der Waals surface area (Å²) < 4.78 is 15.9. The van der Waals surface area contributed by atoms with Gasteiger partial charge in [-0.25, -0.2) is 0 Å². The molecule has 8 heteroatoms. The molecule has 3 aromatic rings.